The Morgan fingerprint density at radius 1 is 1.23 bits per heavy atom. The zero-order valence-corrected chi connectivity index (χ0v) is 9.69. The van der Waals surface area contributed by atoms with Crippen LogP contribution in [0.4, 0.5) is 0 Å². The highest BCUT2D eigenvalue weighted by molar-refractivity contribution is 5.01. The molecule has 0 spiro atoms. The van der Waals surface area contributed by atoms with E-state index in [4.69, 9.17) is 0 Å². The molecule has 0 amide bonds. The molecular formula is C12H25N. The zero-order valence-electron chi connectivity index (χ0n) is 9.69. The highest BCUT2D eigenvalue weighted by Crippen LogP contribution is 2.22. The minimum absolute atomic E-state index is 0.638. The second kappa shape index (κ2) is 7.14. The standard InChI is InChI=1S/C12H25N/c1-10(2)12(4)11(3)8-6-7-9-13-5/h10-11,13H,4,6-9H2,1-3,5H3. The van der Waals surface area contributed by atoms with Gasteiger partial charge in [0.1, 0.15) is 0 Å². The molecule has 1 heteroatoms. The van der Waals surface area contributed by atoms with Gasteiger partial charge in [0.05, 0.1) is 0 Å². The first-order valence-electron chi connectivity index (χ1n) is 5.42. The summed E-state index contributed by atoms with van der Waals surface area (Å²) in [5.41, 5.74) is 1.41. The molecule has 0 fully saturated rings. The van der Waals surface area contributed by atoms with Gasteiger partial charge in [-0.25, -0.2) is 0 Å². The fourth-order valence-corrected chi connectivity index (χ4v) is 1.51. The smallest absolute Gasteiger partial charge is 0.00519 e. The van der Waals surface area contributed by atoms with Crippen molar-refractivity contribution in [2.75, 3.05) is 13.6 Å². The summed E-state index contributed by atoms with van der Waals surface area (Å²) in [4.78, 5) is 0. The largest absolute Gasteiger partial charge is 0.320 e. The molecule has 0 saturated carbocycles. The molecule has 13 heavy (non-hydrogen) atoms. The maximum absolute atomic E-state index is 4.14. The fourth-order valence-electron chi connectivity index (χ4n) is 1.51. The Balaban J connectivity index is 3.50. The average Bonchev–Trinajstić information content (AvgIpc) is 2.10. The summed E-state index contributed by atoms with van der Waals surface area (Å²) in [6.07, 6.45) is 3.89. The van der Waals surface area contributed by atoms with Crippen molar-refractivity contribution in [2.24, 2.45) is 11.8 Å². The van der Waals surface area contributed by atoms with Crippen LogP contribution in [0.1, 0.15) is 40.0 Å². The summed E-state index contributed by atoms with van der Waals surface area (Å²) in [6.45, 7) is 12.0. The molecule has 0 rings (SSSR count). The molecule has 0 aliphatic carbocycles. The van der Waals surface area contributed by atoms with Crippen LogP contribution in [-0.4, -0.2) is 13.6 Å². The molecule has 0 bridgehead atoms. The first kappa shape index (κ1) is 12.7. The van der Waals surface area contributed by atoms with E-state index >= 15 is 0 Å². The second-order valence-electron chi connectivity index (χ2n) is 4.23. The first-order chi connectivity index (χ1) is 6.09. The molecule has 1 N–H and O–H groups in total. The van der Waals surface area contributed by atoms with Crippen molar-refractivity contribution in [1.82, 2.24) is 5.32 Å². The maximum atomic E-state index is 4.14. The van der Waals surface area contributed by atoms with Gasteiger partial charge in [-0.15, -0.1) is 0 Å². The Morgan fingerprint density at radius 3 is 2.31 bits per heavy atom. The van der Waals surface area contributed by atoms with Crippen molar-refractivity contribution in [3.63, 3.8) is 0 Å². The Hall–Kier alpha value is -0.300. The van der Waals surface area contributed by atoms with Crippen molar-refractivity contribution in [2.45, 2.75) is 40.0 Å². The molecule has 78 valence electrons. The molecule has 0 aromatic rings. The van der Waals surface area contributed by atoms with Crippen molar-refractivity contribution >= 4 is 0 Å². The molecule has 0 aromatic heterocycles. The van der Waals surface area contributed by atoms with Crippen molar-refractivity contribution in [1.29, 1.82) is 0 Å². The van der Waals surface area contributed by atoms with E-state index in [1.807, 2.05) is 7.05 Å². The van der Waals surface area contributed by atoms with Crippen molar-refractivity contribution in [3.8, 4) is 0 Å². The lowest BCUT2D eigenvalue weighted by atomic mass is 9.89. The highest BCUT2D eigenvalue weighted by atomic mass is 14.8. The van der Waals surface area contributed by atoms with E-state index < -0.39 is 0 Å². The second-order valence-corrected chi connectivity index (χ2v) is 4.23. The minimum atomic E-state index is 0.638. The Bertz CT molecular complexity index is 138. The van der Waals surface area contributed by atoms with Crippen LogP contribution in [0.3, 0.4) is 0 Å². The summed E-state index contributed by atoms with van der Waals surface area (Å²) >= 11 is 0. The summed E-state index contributed by atoms with van der Waals surface area (Å²) in [7, 11) is 2.01. The van der Waals surface area contributed by atoms with Crippen LogP contribution in [0, 0.1) is 11.8 Å². The van der Waals surface area contributed by atoms with Crippen molar-refractivity contribution < 1.29 is 0 Å². The molecule has 0 heterocycles. The van der Waals surface area contributed by atoms with Gasteiger partial charge in [-0.2, -0.15) is 0 Å². The first-order valence-corrected chi connectivity index (χ1v) is 5.42. The number of unbranched alkanes of at least 4 members (excludes halogenated alkanes) is 1. The predicted molar refractivity (Wildman–Crippen MR) is 60.9 cm³/mol. The number of hydrogen-bond donors (Lipinski definition) is 1. The third-order valence-corrected chi connectivity index (χ3v) is 2.69. The number of rotatable bonds is 7. The van der Waals surface area contributed by atoms with Crippen LogP contribution in [-0.2, 0) is 0 Å². The SMILES string of the molecule is C=C(C(C)C)C(C)CCCCNC. The van der Waals surface area contributed by atoms with Crippen LogP contribution < -0.4 is 5.32 Å². The quantitative estimate of drug-likeness (QED) is 0.472. The zero-order chi connectivity index (χ0) is 10.3. The van der Waals surface area contributed by atoms with Gasteiger partial charge in [0.15, 0.2) is 0 Å². The van der Waals surface area contributed by atoms with Crippen LogP contribution in [0.5, 0.6) is 0 Å². The molecule has 1 nitrogen and oxygen atoms in total. The normalized spacial score (nSPS) is 13.3. The Morgan fingerprint density at radius 2 is 1.85 bits per heavy atom. The lowest BCUT2D eigenvalue weighted by Gasteiger charge is -2.17. The van der Waals surface area contributed by atoms with E-state index in [9.17, 15) is 0 Å². The summed E-state index contributed by atoms with van der Waals surface area (Å²) in [6, 6.07) is 0. The molecule has 1 unspecified atom stereocenters. The molecular weight excluding hydrogens is 158 g/mol. The number of nitrogens with one attached hydrogen (secondary N) is 1. The van der Waals surface area contributed by atoms with Crippen LogP contribution in [0.25, 0.3) is 0 Å². The van der Waals surface area contributed by atoms with E-state index in [1.54, 1.807) is 0 Å². The van der Waals surface area contributed by atoms with Crippen LogP contribution in [0.15, 0.2) is 12.2 Å². The summed E-state index contributed by atoms with van der Waals surface area (Å²) in [5, 5.41) is 3.17. The minimum Gasteiger partial charge on any atom is -0.320 e. The lowest BCUT2D eigenvalue weighted by molar-refractivity contribution is 0.510. The van der Waals surface area contributed by atoms with Crippen LogP contribution >= 0.6 is 0 Å². The van der Waals surface area contributed by atoms with Gasteiger partial charge in [-0.05, 0) is 38.3 Å². The molecule has 0 aromatic carbocycles. The van der Waals surface area contributed by atoms with E-state index in [1.165, 1.54) is 24.8 Å². The number of allylic oxidation sites excluding steroid dienone is 1. The lowest BCUT2D eigenvalue weighted by Crippen LogP contribution is -2.09. The molecule has 0 radical (unpaired) electrons. The summed E-state index contributed by atoms with van der Waals surface area (Å²) < 4.78 is 0. The highest BCUT2D eigenvalue weighted by Gasteiger charge is 2.08. The summed E-state index contributed by atoms with van der Waals surface area (Å²) in [5.74, 6) is 1.33. The van der Waals surface area contributed by atoms with E-state index in [2.05, 4.69) is 32.7 Å². The predicted octanol–water partition coefficient (Wildman–Crippen LogP) is 3.22. The Kier molecular flexibility index (Phi) is 6.97. The van der Waals surface area contributed by atoms with Gasteiger partial charge in [-0.3, -0.25) is 0 Å². The Labute approximate surface area is 83.6 Å². The van der Waals surface area contributed by atoms with Gasteiger partial charge >= 0.3 is 0 Å². The van der Waals surface area contributed by atoms with Gasteiger partial charge < -0.3 is 5.32 Å². The van der Waals surface area contributed by atoms with E-state index in [0.717, 1.165) is 6.54 Å². The van der Waals surface area contributed by atoms with E-state index in [0.29, 0.717) is 11.8 Å². The molecule has 1 atom stereocenters. The van der Waals surface area contributed by atoms with Crippen molar-refractivity contribution in [3.05, 3.63) is 12.2 Å². The average molecular weight is 183 g/mol. The van der Waals surface area contributed by atoms with E-state index in [-0.39, 0.29) is 0 Å². The van der Waals surface area contributed by atoms with Gasteiger partial charge in [0.25, 0.3) is 0 Å². The third kappa shape index (κ3) is 5.87. The van der Waals surface area contributed by atoms with Gasteiger partial charge in [-0.1, -0.05) is 39.3 Å². The third-order valence-electron chi connectivity index (χ3n) is 2.69. The molecule has 0 aliphatic heterocycles. The van der Waals surface area contributed by atoms with Gasteiger partial charge in [0, 0.05) is 0 Å². The number of hydrogen-bond acceptors (Lipinski definition) is 1. The molecule has 0 aliphatic rings. The van der Waals surface area contributed by atoms with Gasteiger partial charge in [0.2, 0.25) is 0 Å². The monoisotopic (exact) mass is 183 g/mol. The molecule has 0 saturated heterocycles. The fraction of sp³-hybridized carbons (Fsp3) is 0.833. The maximum Gasteiger partial charge on any atom is -0.00519 e. The topological polar surface area (TPSA) is 12.0 Å². The van der Waals surface area contributed by atoms with Crippen LogP contribution in [0.2, 0.25) is 0 Å².